The molecule has 0 bridgehead atoms. The van der Waals surface area contributed by atoms with Gasteiger partial charge in [0.25, 0.3) is 13.4 Å². The Morgan fingerprint density at radius 3 is 1.25 bits per heavy atom. The van der Waals surface area contributed by atoms with Crippen molar-refractivity contribution in [1.82, 2.24) is 13.7 Å². The third-order valence-corrected chi connectivity index (χ3v) is 20.1. The maximum atomic E-state index is 2.75. The minimum atomic E-state index is -0.167. The Labute approximate surface area is 456 Å². The Hall–Kier alpha value is -9.45. The van der Waals surface area contributed by atoms with Gasteiger partial charge in [-0.2, -0.15) is 0 Å². The van der Waals surface area contributed by atoms with E-state index in [0.29, 0.717) is 0 Å². The van der Waals surface area contributed by atoms with Crippen LogP contribution in [0.1, 0.15) is 49.9 Å². The van der Waals surface area contributed by atoms with Gasteiger partial charge in [0.1, 0.15) is 0 Å². The van der Waals surface area contributed by atoms with Crippen LogP contribution in [0.3, 0.4) is 0 Å². The Morgan fingerprint density at radius 2 is 0.696 bits per heavy atom. The molecule has 0 spiro atoms. The molecule has 0 N–H and O–H groups in total. The van der Waals surface area contributed by atoms with Crippen LogP contribution in [-0.4, -0.2) is 27.1 Å². The van der Waals surface area contributed by atoms with E-state index in [1.807, 2.05) is 0 Å². The molecule has 0 atom stereocenters. The molecule has 0 saturated heterocycles. The largest absolute Gasteiger partial charge is 0.311 e. The standard InChI is InChI=1S/C72H47B2N5/c1-71(2)48-22-6-11-30-58(48)75(59-31-12-7-23-49(59)71)40-34-35-57-46(36-40)44-20-16-26-52-67(44)78(57)62-39-63-65-70-64(62)73(52)54-28-17-21-45-47-37-41(76-60-32-13-8-24-50(60)72(3,4)51-25-9-14-33-61(51)76)38-55(69(47)79(70)68(45)54)74(65)53-27-15-19-43-42-18-5-10-29-56(42)77(63)66(43)53/h5-39H,1-4H3. The first kappa shape index (κ1) is 41.7. The van der Waals surface area contributed by atoms with Gasteiger partial charge in [-0.05, 0) is 122 Å². The van der Waals surface area contributed by atoms with E-state index in [1.54, 1.807) is 0 Å². The first-order chi connectivity index (χ1) is 38.8. The Morgan fingerprint density at radius 1 is 0.291 bits per heavy atom. The first-order valence-electron chi connectivity index (χ1n) is 28.2. The lowest BCUT2D eigenvalue weighted by molar-refractivity contribution is 0.632. The monoisotopic (exact) mass is 1000 g/mol. The van der Waals surface area contributed by atoms with Crippen molar-refractivity contribution in [2.75, 3.05) is 9.80 Å². The lowest BCUT2D eigenvalue weighted by atomic mass is 9.30. The van der Waals surface area contributed by atoms with E-state index < -0.39 is 0 Å². The van der Waals surface area contributed by atoms with Crippen LogP contribution in [-0.2, 0) is 10.8 Å². The average molecular weight is 1000 g/mol. The molecule has 0 radical (unpaired) electrons. The van der Waals surface area contributed by atoms with Gasteiger partial charge in [0.05, 0.1) is 33.8 Å². The third-order valence-electron chi connectivity index (χ3n) is 20.1. The van der Waals surface area contributed by atoms with Crippen LogP contribution in [0.2, 0.25) is 0 Å². The number of rotatable bonds is 2. The van der Waals surface area contributed by atoms with Crippen molar-refractivity contribution in [2.24, 2.45) is 0 Å². The molecular weight excluding hydrogens is 956 g/mol. The molecule has 3 aromatic heterocycles. The second kappa shape index (κ2) is 13.6. The smallest absolute Gasteiger partial charge is 0.252 e. The number of aromatic nitrogens is 3. The molecule has 20 rings (SSSR count). The van der Waals surface area contributed by atoms with Gasteiger partial charge in [0, 0.05) is 93.7 Å². The number of hydrogen-bond donors (Lipinski definition) is 0. The fourth-order valence-electron chi connectivity index (χ4n) is 17.0. The fourth-order valence-corrected chi connectivity index (χ4v) is 17.0. The van der Waals surface area contributed by atoms with Crippen LogP contribution < -0.4 is 42.6 Å². The molecule has 6 aliphatic heterocycles. The molecule has 7 heteroatoms. The van der Waals surface area contributed by atoms with Gasteiger partial charge in [-0.3, -0.25) is 0 Å². The highest BCUT2D eigenvalue weighted by molar-refractivity contribution is 7.04. The zero-order valence-corrected chi connectivity index (χ0v) is 44.1. The summed E-state index contributed by atoms with van der Waals surface area (Å²) in [5.74, 6) is 0. The van der Waals surface area contributed by atoms with Crippen LogP contribution in [0.25, 0.3) is 82.5 Å². The van der Waals surface area contributed by atoms with Crippen LogP contribution >= 0.6 is 0 Å². The number of nitrogens with zero attached hydrogens (tertiary/aromatic N) is 5. The van der Waals surface area contributed by atoms with Gasteiger partial charge in [-0.25, -0.2) is 0 Å². The van der Waals surface area contributed by atoms with Crippen molar-refractivity contribution >= 4 is 146 Å². The molecule has 0 fully saturated rings. The van der Waals surface area contributed by atoms with E-state index in [0.717, 1.165) is 0 Å². The lowest BCUT2D eigenvalue weighted by Gasteiger charge is -2.43. The minimum absolute atomic E-state index is 0.0159. The summed E-state index contributed by atoms with van der Waals surface area (Å²) in [7, 11) is 0. The second-order valence-electron chi connectivity index (χ2n) is 24.3. The summed E-state index contributed by atoms with van der Waals surface area (Å²) in [5.41, 5.74) is 32.4. The summed E-state index contributed by atoms with van der Waals surface area (Å²) in [6, 6.07) is 82.0. The SMILES string of the molecule is CC1(C)c2ccccc2N(c2ccc3c(c2)c2cccc4c2n3-c2cc3c5c6c2B4c2cccc4c7cc(N8c9ccccc9C(C)(C)c9ccccc98)cc(c7n-6c24)B5c2cccc4c5ccccc5n-3c24)c2ccccc21. The van der Waals surface area contributed by atoms with Crippen molar-refractivity contribution in [3.05, 3.63) is 235 Å². The van der Waals surface area contributed by atoms with Crippen molar-refractivity contribution < 1.29 is 0 Å². The van der Waals surface area contributed by atoms with E-state index in [9.17, 15) is 0 Å². The van der Waals surface area contributed by atoms with Crippen molar-refractivity contribution in [3.8, 4) is 17.1 Å². The number of para-hydroxylation sites is 8. The first-order valence-corrected chi connectivity index (χ1v) is 28.2. The van der Waals surface area contributed by atoms with Crippen LogP contribution in [0.15, 0.2) is 212 Å². The molecule has 6 aliphatic rings. The number of benzene rings is 11. The molecule has 0 saturated carbocycles. The summed E-state index contributed by atoms with van der Waals surface area (Å²) in [5, 5.41) is 7.78. The normalized spacial score (nSPS) is 15.7. The maximum Gasteiger partial charge on any atom is 0.252 e. The summed E-state index contributed by atoms with van der Waals surface area (Å²) in [6.07, 6.45) is 0. The maximum absolute atomic E-state index is 2.75. The van der Waals surface area contributed by atoms with Crippen LogP contribution in [0.4, 0.5) is 34.1 Å². The molecule has 9 heterocycles. The molecule has 79 heavy (non-hydrogen) atoms. The van der Waals surface area contributed by atoms with Crippen LogP contribution in [0.5, 0.6) is 0 Å². The fraction of sp³-hybridized carbons (Fsp3) is 0.0833. The molecule has 14 aromatic rings. The quantitative estimate of drug-likeness (QED) is 0.161. The zero-order chi connectivity index (χ0) is 51.7. The van der Waals surface area contributed by atoms with Crippen molar-refractivity contribution in [3.63, 3.8) is 0 Å². The van der Waals surface area contributed by atoms with Crippen molar-refractivity contribution in [2.45, 2.75) is 38.5 Å². The minimum Gasteiger partial charge on any atom is -0.311 e. The van der Waals surface area contributed by atoms with Crippen molar-refractivity contribution in [1.29, 1.82) is 0 Å². The molecule has 366 valence electrons. The van der Waals surface area contributed by atoms with Gasteiger partial charge < -0.3 is 23.5 Å². The van der Waals surface area contributed by atoms with E-state index in [-0.39, 0.29) is 24.3 Å². The molecule has 0 amide bonds. The Bertz CT molecular complexity index is 5160. The van der Waals surface area contributed by atoms with E-state index >= 15 is 0 Å². The number of fused-ring (bicyclic) bond motifs is 17. The second-order valence-corrected chi connectivity index (χ2v) is 24.3. The summed E-state index contributed by atoms with van der Waals surface area (Å²) in [4.78, 5) is 5.09. The Balaban J connectivity index is 0.921. The van der Waals surface area contributed by atoms with Gasteiger partial charge in [0.2, 0.25) is 0 Å². The van der Waals surface area contributed by atoms with Gasteiger partial charge in [-0.15, -0.1) is 0 Å². The van der Waals surface area contributed by atoms with E-state index in [1.165, 1.54) is 172 Å². The highest BCUT2D eigenvalue weighted by Crippen LogP contribution is 2.55. The lowest BCUT2D eigenvalue weighted by Crippen LogP contribution is -2.66. The molecular formula is C72H47B2N5. The van der Waals surface area contributed by atoms with Gasteiger partial charge in [0.15, 0.2) is 0 Å². The molecule has 5 nitrogen and oxygen atoms in total. The summed E-state index contributed by atoms with van der Waals surface area (Å²) >= 11 is 0. The number of anilines is 6. The molecule has 0 unspecified atom stereocenters. The van der Waals surface area contributed by atoms with Gasteiger partial charge in [-0.1, -0.05) is 173 Å². The third kappa shape index (κ3) is 4.61. The van der Waals surface area contributed by atoms with Crippen LogP contribution in [0, 0.1) is 0 Å². The van der Waals surface area contributed by atoms with Gasteiger partial charge >= 0.3 is 0 Å². The molecule has 11 aromatic carbocycles. The average Bonchev–Trinajstić information content (AvgIpc) is 2.35. The highest BCUT2D eigenvalue weighted by Gasteiger charge is 2.50. The number of hydrogen-bond acceptors (Lipinski definition) is 2. The molecule has 0 aliphatic carbocycles. The Kier molecular flexibility index (Phi) is 7.19. The zero-order valence-electron chi connectivity index (χ0n) is 44.1. The predicted octanol–water partition coefficient (Wildman–Crippen LogP) is 13.5. The summed E-state index contributed by atoms with van der Waals surface area (Å²) < 4.78 is 8.07. The van der Waals surface area contributed by atoms with E-state index in [2.05, 4.69) is 264 Å². The summed E-state index contributed by atoms with van der Waals surface area (Å²) in [6.45, 7) is 9.52. The predicted molar refractivity (Wildman–Crippen MR) is 332 cm³/mol. The van der Waals surface area contributed by atoms with E-state index in [4.69, 9.17) is 0 Å². The highest BCUT2D eigenvalue weighted by atomic mass is 15.2. The topological polar surface area (TPSA) is 21.3 Å².